The van der Waals surface area contributed by atoms with Gasteiger partial charge in [-0.3, -0.25) is 9.67 Å². The molecule has 0 atom stereocenters. The van der Waals surface area contributed by atoms with Crippen molar-refractivity contribution in [3.8, 4) is 0 Å². The van der Waals surface area contributed by atoms with Crippen molar-refractivity contribution in [1.82, 2.24) is 20.1 Å². The van der Waals surface area contributed by atoms with Crippen LogP contribution in [0.3, 0.4) is 0 Å². The molecule has 0 aromatic carbocycles. The molecule has 1 N–H and O–H groups in total. The molecule has 0 unspecified atom stereocenters. The molecule has 18 heavy (non-hydrogen) atoms. The van der Waals surface area contributed by atoms with Crippen LogP contribution >= 0.6 is 0 Å². The number of hydrogen-bond acceptors (Lipinski definition) is 3. The van der Waals surface area contributed by atoms with E-state index in [1.54, 1.807) is 0 Å². The number of rotatable bonds is 5. The lowest BCUT2D eigenvalue weighted by atomic mass is 10.2. The summed E-state index contributed by atoms with van der Waals surface area (Å²) >= 11 is 0. The maximum atomic E-state index is 4.47. The van der Waals surface area contributed by atoms with Gasteiger partial charge in [-0.25, -0.2) is 0 Å². The molecule has 2 heterocycles. The summed E-state index contributed by atoms with van der Waals surface area (Å²) in [7, 11) is 1.96. The van der Waals surface area contributed by atoms with E-state index in [9.17, 15) is 0 Å². The Morgan fingerprint density at radius 2 is 2.11 bits per heavy atom. The molecular formula is C14H20N4. The number of aromatic nitrogens is 3. The molecule has 2 aromatic heterocycles. The molecule has 0 spiro atoms. The molecule has 4 heteroatoms. The predicted octanol–water partition coefficient (Wildman–Crippen LogP) is 1.98. The monoisotopic (exact) mass is 244 g/mol. The molecular weight excluding hydrogens is 224 g/mol. The smallest absolute Gasteiger partial charge is 0.0666 e. The van der Waals surface area contributed by atoms with Gasteiger partial charge in [-0.2, -0.15) is 5.10 Å². The Kier molecular flexibility index (Phi) is 4.10. The molecule has 4 nitrogen and oxygen atoms in total. The van der Waals surface area contributed by atoms with Gasteiger partial charge in [-0.05, 0) is 25.5 Å². The molecule has 0 amide bonds. The second-order valence-corrected chi connectivity index (χ2v) is 4.50. The maximum Gasteiger partial charge on any atom is 0.0666 e. The van der Waals surface area contributed by atoms with Crippen LogP contribution in [0.15, 0.2) is 24.4 Å². The van der Waals surface area contributed by atoms with Crippen molar-refractivity contribution in [2.45, 2.75) is 33.4 Å². The number of nitrogens with zero attached hydrogens (tertiary/aromatic N) is 3. The first kappa shape index (κ1) is 12.8. The average Bonchev–Trinajstić information content (AvgIpc) is 2.70. The SMILES string of the molecule is CCc1nn(C)cc1CNCc1cccc(C)n1. The van der Waals surface area contributed by atoms with E-state index in [-0.39, 0.29) is 0 Å². The maximum absolute atomic E-state index is 4.47. The Morgan fingerprint density at radius 1 is 1.28 bits per heavy atom. The van der Waals surface area contributed by atoms with E-state index in [2.05, 4.69) is 28.5 Å². The summed E-state index contributed by atoms with van der Waals surface area (Å²) < 4.78 is 1.88. The quantitative estimate of drug-likeness (QED) is 0.874. The Morgan fingerprint density at radius 3 is 2.83 bits per heavy atom. The van der Waals surface area contributed by atoms with Crippen LogP contribution in [0.2, 0.25) is 0 Å². The van der Waals surface area contributed by atoms with Crippen LogP contribution in [0.4, 0.5) is 0 Å². The Balaban J connectivity index is 1.92. The summed E-state index contributed by atoms with van der Waals surface area (Å²) in [6, 6.07) is 6.10. The predicted molar refractivity (Wildman–Crippen MR) is 72.1 cm³/mol. The minimum atomic E-state index is 0.791. The van der Waals surface area contributed by atoms with E-state index in [1.807, 2.05) is 36.9 Å². The van der Waals surface area contributed by atoms with Gasteiger partial charge >= 0.3 is 0 Å². The summed E-state index contributed by atoms with van der Waals surface area (Å²) in [5.74, 6) is 0. The topological polar surface area (TPSA) is 42.7 Å². The van der Waals surface area contributed by atoms with Gasteiger partial charge in [-0.15, -0.1) is 0 Å². The first-order valence-corrected chi connectivity index (χ1v) is 6.33. The molecule has 0 bridgehead atoms. The van der Waals surface area contributed by atoms with Crippen LogP contribution in [0.5, 0.6) is 0 Å². The third-order valence-corrected chi connectivity index (χ3v) is 2.89. The van der Waals surface area contributed by atoms with Crippen LogP contribution in [-0.2, 0) is 26.6 Å². The lowest BCUT2D eigenvalue weighted by Gasteiger charge is -2.04. The van der Waals surface area contributed by atoms with Crippen molar-refractivity contribution in [2.75, 3.05) is 0 Å². The van der Waals surface area contributed by atoms with E-state index in [0.717, 1.165) is 30.9 Å². The number of pyridine rings is 1. The summed E-state index contributed by atoms with van der Waals surface area (Å²) in [6.07, 6.45) is 3.05. The zero-order valence-electron chi connectivity index (χ0n) is 11.3. The fraction of sp³-hybridized carbons (Fsp3) is 0.429. The van der Waals surface area contributed by atoms with E-state index in [1.165, 1.54) is 11.3 Å². The summed E-state index contributed by atoms with van der Waals surface area (Å²) in [5, 5.41) is 7.85. The van der Waals surface area contributed by atoms with Crippen molar-refractivity contribution in [3.63, 3.8) is 0 Å². The highest BCUT2D eigenvalue weighted by atomic mass is 15.3. The molecule has 96 valence electrons. The molecule has 2 aromatic rings. The fourth-order valence-corrected chi connectivity index (χ4v) is 2.05. The molecule has 0 aliphatic carbocycles. The van der Waals surface area contributed by atoms with Gasteiger partial charge < -0.3 is 5.32 Å². The molecule has 0 saturated heterocycles. The van der Waals surface area contributed by atoms with Gasteiger partial charge in [0.25, 0.3) is 0 Å². The Bertz CT molecular complexity index is 516. The molecule has 0 aliphatic heterocycles. The van der Waals surface area contributed by atoms with E-state index < -0.39 is 0 Å². The Hall–Kier alpha value is -1.68. The fourth-order valence-electron chi connectivity index (χ4n) is 2.05. The van der Waals surface area contributed by atoms with Gasteiger partial charge in [0.1, 0.15) is 0 Å². The first-order valence-electron chi connectivity index (χ1n) is 6.33. The zero-order chi connectivity index (χ0) is 13.0. The normalized spacial score (nSPS) is 10.8. The van der Waals surface area contributed by atoms with E-state index in [4.69, 9.17) is 0 Å². The third kappa shape index (κ3) is 3.17. The van der Waals surface area contributed by atoms with Crippen LogP contribution in [-0.4, -0.2) is 14.8 Å². The highest BCUT2D eigenvalue weighted by Gasteiger charge is 2.05. The van der Waals surface area contributed by atoms with Crippen molar-refractivity contribution < 1.29 is 0 Å². The van der Waals surface area contributed by atoms with Crippen molar-refractivity contribution in [3.05, 3.63) is 47.0 Å². The van der Waals surface area contributed by atoms with Gasteiger partial charge in [0.15, 0.2) is 0 Å². The van der Waals surface area contributed by atoms with E-state index >= 15 is 0 Å². The molecule has 0 aliphatic rings. The van der Waals surface area contributed by atoms with Crippen molar-refractivity contribution >= 4 is 0 Å². The van der Waals surface area contributed by atoms with Crippen molar-refractivity contribution in [1.29, 1.82) is 0 Å². The van der Waals surface area contributed by atoms with Crippen LogP contribution in [0.25, 0.3) is 0 Å². The second-order valence-electron chi connectivity index (χ2n) is 4.50. The molecule has 0 fully saturated rings. The summed E-state index contributed by atoms with van der Waals surface area (Å²) in [6.45, 7) is 5.78. The van der Waals surface area contributed by atoms with Gasteiger partial charge in [-0.1, -0.05) is 13.0 Å². The first-order chi connectivity index (χ1) is 8.69. The minimum absolute atomic E-state index is 0.791. The van der Waals surface area contributed by atoms with Crippen LogP contribution in [0, 0.1) is 6.92 Å². The second kappa shape index (κ2) is 5.78. The molecule has 2 rings (SSSR count). The van der Waals surface area contributed by atoms with Crippen molar-refractivity contribution in [2.24, 2.45) is 7.05 Å². The van der Waals surface area contributed by atoms with E-state index in [0.29, 0.717) is 0 Å². The number of aryl methyl sites for hydroxylation is 3. The minimum Gasteiger partial charge on any atom is -0.307 e. The highest BCUT2D eigenvalue weighted by molar-refractivity contribution is 5.17. The van der Waals surface area contributed by atoms with Gasteiger partial charge in [0.05, 0.1) is 11.4 Å². The third-order valence-electron chi connectivity index (χ3n) is 2.89. The zero-order valence-corrected chi connectivity index (χ0v) is 11.3. The lowest BCUT2D eigenvalue weighted by molar-refractivity contribution is 0.673. The number of nitrogens with one attached hydrogen (secondary N) is 1. The van der Waals surface area contributed by atoms with Gasteiger partial charge in [0.2, 0.25) is 0 Å². The number of hydrogen-bond donors (Lipinski definition) is 1. The summed E-state index contributed by atoms with van der Waals surface area (Å²) in [5.41, 5.74) is 4.58. The molecule has 0 saturated carbocycles. The van der Waals surface area contributed by atoms with Crippen LogP contribution < -0.4 is 5.32 Å². The van der Waals surface area contributed by atoms with Crippen LogP contribution in [0.1, 0.15) is 29.6 Å². The lowest BCUT2D eigenvalue weighted by Crippen LogP contribution is -2.14. The Labute approximate surface area is 108 Å². The largest absolute Gasteiger partial charge is 0.307 e. The molecule has 0 radical (unpaired) electrons. The van der Waals surface area contributed by atoms with Gasteiger partial charge in [0, 0.05) is 37.6 Å². The average molecular weight is 244 g/mol. The highest BCUT2D eigenvalue weighted by Crippen LogP contribution is 2.07. The standard InChI is InChI=1S/C14H20N4/c1-4-14-12(10-18(3)17-14)8-15-9-13-7-5-6-11(2)16-13/h5-7,10,15H,4,8-9H2,1-3H3. The summed E-state index contributed by atoms with van der Waals surface area (Å²) in [4.78, 5) is 4.47.